The minimum Gasteiger partial charge on any atom is -0.344 e. The van der Waals surface area contributed by atoms with Gasteiger partial charge < -0.3 is 14.3 Å². The first kappa shape index (κ1) is 11.3. The van der Waals surface area contributed by atoms with Crippen LogP contribution >= 0.6 is 0 Å². The molecular weight excluding hydrogens is 176 g/mol. The van der Waals surface area contributed by atoms with Crippen LogP contribution < -0.4 is 0 Å². The molecule has 1 fully saturated rings. The van der Waals surface area contributed by atoms with E-state index in [1.165, 1.54) is 0 Å². The van der Waals surface area contributed by atoms with E-state index in [1.54, 1.807) is 0 Å². The number of hydrogen-bond acceptors (Lipinski definition) is 1. The Morgan fingerprint density at radius 2 is 1.64 bits per heavy atom. The van der Waals surface area contributed by atoms with Gasteiger partial charge in [-0.05, 0) is 0 Å². The molecule has 1 rings (SSSR count). The van der Waals surface area contributed by atoms with Gasteiger partial charge in [0.2, 0.25) is 0 Å². The summed E-state index contributed by atoms with van der Waals surface area (Å²) in [5, 5.41) is 0. The predicted octanol–water partition coefficient (Wildman–Crippen LogP) is -0.0742. The zero-order chi connectivity index (χ0) is 10.8. The van der Waals surface area contributed by atoms with Crippen LogP contribution in [0.25, 0.3) is 0 Å². The normalized spacial score (nSPS) is 17.9. The van der Waals surface area contributed by atoms with Gasteiger partial charge in [-0.15, -0.1) is 0 Å². The second-order valence-electron chi connectivity index (χ2n) is 5.04. The Bertz CT molecular complexity index is 205. The highest BCUT2D eigenvalue weighted by Gasteiger charge is 2.19. The number of aliphatic imine (C=N–C) groups is 1. The Hall–Kier alpha value is -0.770. The molecule has 4 nitrogen and oxygen atoms in total. The number of guanidine groups is 1. The molecule has 14 heavy (non-hydrogen) atoms. The predicted molar refractivity (Wildman–Crippen MR) is 60.5 cm³/mol. The quantitative estimate of drug-likeness (QED) is 0.592. The molecule has 0 amide bonds. The fourth-order valence-electron chi connectivity index (χ4n) is 1.48. The Kier molecular flexibility index (Phi) is 3.37. The molecule has 0 unspecified atom stereocenters. The van der Waals surface area contributed by atoms with Crippen LogP contribution in [0.15, 0.2) is 4.99 Å². The highest BCUT2D eigenvalue weighted by Crippen LogP contribution is 2.03. The van der Waals surface area contributed by atoms with Gasteiger partial charge in [0.15, 0.2) is 5.96 Å². The van der Waals surface area contributed by atoms with E-state index in [0.717, 1.165) is 36.6 Å². The Balaban J connectivity index is 2.44. The number of nitrogens with zero attached hydrogens (tertiary/aromatic N) is 4. The minimum atomic E-state index is 0.910. The molecule has 4 heteroatoms. The van der Waals surface area contributed by atoms with Crippen LogP contribution in [0.1, 0.15) is 0 Å². The lowest BCUT2D eigenvalue weighted by atomic mass is 10.5. The fraction of sp³-hybridized carbons (Fsp3) is 0.900. The van der Waals surface area contributed by atoms with Crippen LogP contribution in [-0.4, -0.2) is 81.7 Å². The van der Waals surface area contributed by atoms with Gasteiger partial charge in [-0.3, -0.25) is 0 Å². The first-order valence-electron chi connectivity index (χ1n) is 5.17. The van der Waals surface area contributed by atoms with Gasteiger partial charge in [-0.2, -0.15) is 0 Å². The van der Waals surface area contributed by atoms with E-state index in [-0.39, 0.29) is 0 Å². The van der Waals surface area contributed by atoms with E-state index < -0.39 is 0 Å². The molecule has 1 saturated heterocycles. The van der Waals surface area contributed by atoms with E-state index in [2.05, 4.69) is 50.0 Å². The van der Waals surface area contributed by atoms with Crippen LogP contribution in [0.4, 0.5) is 0 Å². The van der Waals surface area contributed by atoms with Crippen LogP contribution in [-0.2, 0) is 0 Å². The van der Waals surface area contributed by atoms with Crippen molar-refractivity contribution in [2.45, 2.75) is 0 Å². The third-order valence-electron chi connectivity index (χ3n) is 2.48. The maximum absolute atomic E-state index is 4.62. The number of quaternary nitrogens is 1. The first-order valence-corrected chi connectivity index (χ1v) is 5.17. The zero-order valence-electron chi connectivity index (χ0n) is 10.1. The van der Waals surface area contributed by atoms with E-state index >= 15 is 0 Å². The van der Waals surface area contributed by atoms with Crippen molar-refractivity contribution in [1.29, 1.82) is 0 Å². The van der Waals surface area contributed by atoms with E-state index in [1.807, 2.05) is 0 Å². The summed E-state index contributed by atoms with van der Waals surface area (Å²) in [6.45, 7) is 4.19. The lowest BCUT2D eigenvalue weighted by molar-refractivity contribution is -0.868. The number of likely N-dealkylation sites (N-methyl/N-ethyl adjacent to an activating group) is 3. The monoisotopic (exact) mass is 199 g/mol. The Morgan fingerprint density at radius 1 is 1.14 bits per heavy atom. The van der Waals surface area contributed by atoms with Gasteiger partial charge in [-0.1, -0.05) is 0 Å². The average Bonchev–Trinajstić information content (AvgIpc) is 2.33. The summed E-state index contributed by atoms with van der Waals surface area (Å²) in [7, 11) is 10.8. The van der Waals surface area contributed by atoms with Crippen molar-refractivity contribution in [2.75, 3.05) is 61.4 Å². The molecule has 0 aromatic heterocycles. The van der Waals surface area contributed by atoms with Gasteiger partial charge >= 0.3 is 0 Å². The van der Waals surface area contributed by atoms with Crippen LogP contribution in [0.2, 0.25) is 0 Å². The van der Waals surface area contributed by atoms with Gasteiger partial charge in [0.25, 0.3) is 0 Å². The third kappa shape index (κ3) is 3.18. The van der Waals surface area contributed by atoms with Crippen molar-refractivity contribution >= 4 is 5.96 Å². The van der Waals surface area contributed by atoms with Crippen molar-refractivity contribution in [3.8, 4) is 0 Å². The summed E-state index contributed by atoms with van der Waals surface area (Å²) in [6.07, 6.45) is 0. The Labute approximate surface area is 87.4 Å². The molecule has 0 saturated carbocycles. The molecule has 1 aliphatic heterocycles. The maximum atomic E-state index is 4.62. The molecule has 0 aromatic carbocycles. The standard InChI is InChI=1S/C10H23N4/c1-12-7-8-13(2)10(12)11-6-9-14(3,4)5/h6-9H2,1-5H3/q+1. The molecule has 0 spiro atoms. The molecule has 0 aliphatic carbocycles. The highest BCUT2D eigenvalue weighted by atomic mass is 15.4. The maximum Gasteiger partial charge on any atom is 0.196 e. The van der Waals surface area contributed by atoms with Crippen LogP contribution in [0.5, 0.6) is 0 Å². The molecule has 82 valence electrons. The summed E-state index contributed by atoms with van der Waals surface area (Å²) in [4.78, 5) is 9.06. The van der Waals surface area contributed by atoms with Gasteiger partial charge in [0, 0.05) is 27.2 Å². The lowest BCUT2D eigenvalue weighted by Crippen LogP contribution is -2.37. The summed E-state index contributed by atoms with van der Waals surface area (Å²) in [6, 6.07) is 0. The molecule has 0 atom stereocenters. The highest BCUT2D eigenvalue weighted by molar-refractivity contribution is 5.81. The number of hydrogen-bond donors (Lipinski definition) is 0. The molecular formula is C10H23N4+. The smallest absolute Gasteiger partial charge is 0.196 e. The zero-order valence-corrected chi connectivity index (χ0v) is 10.1. The second kappa shape index (κ2) is 4.17. The molecule has 0 N–H and O–H groups in total. The lowest BCUT2D eigenvalue weighted by Gasteiger charge is -2.23. The largest absolute Gasteiger partial charge is 0.344 e. The average molecular weight is 199 g/mol. The van der Waals surface area contributed by atoms with Crippen molar-refractivity contribution < 1.29 is 4.48 Å². The summed E-state index contributed by atoms with van der Waals surface area (Å²) in [5.74, 6) is 1.14. The van der Waals surface area contributed by atoms with Crippen molar-refractivity contribution in [2.24, 2.45) is 4.99 Å². The van der Waals surface area contributed by atoms with Crippen molar-refractivity contribution in [3.63, 3.8) is 0 Å². The van der Waals surface area contributed by atoms with Gasteiger partial charge in [0.1, 0.15) is 0 Å². The van der Waals surface area contributed by atoms with Crippen LogP contribution in [0.3, 0.4) is 0 Å². The number of rotatable bonds is 3. The van der Waals surface area contributed by atoms with Gasteiger partial charge in [0.05, 0.1) is 34.2 Å². The minimum absolute atomic E-state index is 0.910. The SMILES string of the molecule is CN1CCN(C)C1=NCC[N+](C)(C)C. The fourth-order valence-corrected chi connectivity index (χ4v) is 1.48. The molecule has 1 aliphatic rings. The summed E-state index contributed by atoms with van der Waals surface area (Å²) in [5.41, 5.74) is 0. The van der Waals surface area contributed by atoms with E-state index in [9.17, 15) is 0 Å². The second-order valence-corrected chi connectivity index (χ2v) is 5.04. The third-order valence-corrected chi connectivity index (χ3v) is 2.48. The van der Waals surface area contributed by atoms with Gasteiger partial charge in [-0.25, -0.2) is 4.99 Å². The molecule has 0 aromatic rings. The van der Waals surface area contributed by atoms with Crippen molar-refractivity contribution in [3.05, 3.63) is 0 Å². The molecule has 0 bridgehead atoms. The van der Waals surface area contributed by atoms with E-state index in [4.69, 9.17) is 0 Å². The summed E-state index contributed by atoms with van der Waals surface area (Å²) < 4.78 is 0.976. The molecule has 1 heterocycles. The van der Waals surface area contributed by atoms with Crippen molar-refractivity contribution in [1.82, 2.24) is 9.80 Å². The summed E-state index contributed by atoms with van der Waals surface area (Å²) >= 11 is 0. The molecule has 0 radical (unpaired) electrons. The topological polar surface area (TPSA) is 18.8 Å². The van der Waals surface area contributed by atoms with E-state index in [0.29, 0.717) is 0 Å². The Morgan fingerprint density at radius 3 is 2.07 bits per heavy atom. The first-order chi connectivity index (χ1) is 6.40. The van der Waals surface area contributed by atoms with Crippen LogP contribution in [0, 0.1) is 0 Å².